The Balaban J connectivity index is 1.47. The van der Waals surface area contributed by atoms with E-state index in [2.05, 4.69) is 35.6 Å². The number of hydrogen-bond acceptors (Lipinski definition) is 3. The van der Waals surface area contributed by atoms with E-state index in [1.165, 1.54) is 18.4 Å². The summed E-state index contributed by atoms with van der Waals surface area (Å²) in [4.78, 5) is 22.7. The molecule has 0 radical (unpaired) electrons. The standard InChI is InChI=1S/C27H31ClN4O/c1-27-12-4-3-9-23(27)32-22-11-10-18(26(33)31-14-6-13-30(2)15-16-31)17-21(22)29-25(32)19-7-5-8-20(28)24(19)27/h5,7-8,10-11,17,23H,3-4,6,9,12-16H2,1-2H3. The number of halogens is 1. The molecule has 0 N–H and O–H groups in total. The van der Waals surface area contributed by atoms with Gasteiger partial charge in [-0.15, -0.1) is 0 Å². The normalized spacial score (nSPS) is 25.3. The highest BCUT2D eigenvalue weighted by atomic mass is 35.5. The third-order valence-electron chi connectivity index (χ3n) is 8.24. The zero-order valence-corrected chi connectivity index (χ0v) is 20.2. The van der Waals surface area contributed by atoms with Crippen LogP contribution in [0.1, 0.15) is 61.0 Å². The van der Waals surface area contributed by atoms with Gasteiger partial charge in [0, 0.05) is 47.2 Å². The van der Waals surface area contributed by atoms with E-state index in [0.29, 0.717) is 6.04 Å². The summed E-state index contributed by atoms with van der Waals surface area (Å²) >= 11 is 6.80. The molecule has 1 saturated heterocycles. The maximum atomic E-state index is 13.3. The molecule has 1 aliphatic carbocycles. The SMILES string of the molecule is CN1CCCN(C(=O)c2ccc3c(c2)nc2n3C3CCCCC3(C)c3c(Cl)cccc3-2)CC1. The highest BCUT2D eigenvalue weighted by Crippen LogP contribution is 2.56. The lowest BCUT2D eigenvalue weighted by atomic mass is 9.64. The van der Waals surface area contributed by atoms with Crippen molar-refractivity contribution in [1.29, 1.82) is 0 Å². The number of rotatable bonds is 1. The lowest BCUT2D eigenvalue weighted by Gasteiger charge is -2.47. The van der Waals surface area contributed by atoms with Crippen LogP contribution in [-0.4, -0.2) is 58.5 Å². The fourth-order valence-corrected chi connectivity index (χ4v) is 6.87. The third-order valence-corrected chi connectivity index (χ3v) is 8.55. The molecule has 1 aromatic heterocycles. The summed E-state index contributed by atoms with van der Waals surface area (Å²) in [6.45, 7) is 5.93. The van der Waals surface area contributed by atoms with Gasteiger partial charge in [-0.3, -0.25) is 4.79 Å². The zero-order valence-electron chi connectivity index (χ0n) is 19.5. The quantitative estimate of drug-likeness (QED) is 0.478. The topological polar surface area (TPSA) is 41.4 Å². The summed E-state index contributed by atoms with van der Waals surface area (Å²) in [7, 11) is 2.12. The van der Waals surface area contributed by atoms with Crippen LogP contribution in [-0.2, 0) is 5.41 Å². The number of carbonyl (C=O) groups excluding carboxylic acids is 1. The Morgan fingerprint density at radius 2 is 1.97 bits per heavy atom. The first kappa shape index (κ1) is 21.2. The molecule has 6 heteroatoms. The maximum Gasteiger partial charge on any atom is 0.253 e. The molecule has 2 unspecified atom stereocenters. The molecule has 2 aliphatic heterocycles. The second-order valence-corrected chi connectivity index (χ2v) is 10.7. The van der Waals surface area contributed by atoms with Crippen molar-refractivity contribution in [1.82, 2.24) is 19.4 Å². The molecule has 2 fully saturated rings. The predicted molar refractivity (Wildman–Crippen MR) is 133 cm³/mol. The fraction of sp³-hybridized carbons (Fsp3) is 0.481. The van der Waals surface area contributed by atoms with E-state index in [0.717, 1.165) is 78.4 Å². The highest BCUT2D eigenvalue weighted by molar-refractivity contribution is 6.32. The Morgan fingerprint density at radius 3 is 2.85 bits per heavy atom. The van der Waals surface area contributed by atoms with Gasteiger partial charge in [0.05, 0.1) is 11.0 Å². The van der Waals surface area contributed by atoms with Crippen molar-refractivity contribution in [3.63, 3.8) is 0 Å². The average molecular weight is 463 g/mol. The fourth-order valence-electron chi connectivity index (χ4n) is 6.48. The van der Waals surface area contributed by atoms with Crippen LogP contribution in [0.4, 0.5) is 0 Å². The number of nitrogens with zero attached hydrogens (tertiary/aromatic N) is 4. The minimum Gasteiger partial charge on any atom is -0.337 e. The van der Waals surface area contributed by atoms with Crippen molar-refractivity contribution in [2.45, 2.75) is 50.5 Å². The monoisotopic (exact) mass is 462 g/mol. The molecule has 3 heterocycles. The Hall–Kier alpha value is -2.37. The second kappa shape index (κ2) is 7.85. The van der Waals surface area contributed by atoms with Gasteiger partial charge >= 0.3 is 0 Å². The van der Waals surface area contributed by atoms with Gasteiger partial charge in [0.1, 0.15) is 5.82 Å². The van der Waals surface area contributed by atoms with Crippen LogP contribution in [0.5, 0.6) is 0 Å². The Kier molecular flexibility index (Phi) is 5.04. The first-order chi connectivity index (χ1) is 16.0. The summed E-state index contributed by atoms with van der Waals surface area (Å²) in [6, 6.07) is 12.7. The van der Waals surface area contributed by atoms with Gasteiger partial charge in [0.15, 0.2) is 0 Å². The van der Waals surface area contributed by atoms with Gasteiger partial charge in [-0.25, -0.2) is 4.98 Å². The number of aromatic nitrogens is 2. The molecule has 2 aromatic carbocycles. The first-order valence-corrected chi connectivity index (χ1v) is 12.6. The minimum absolute atomic E-state index is 0.000868. The van der Waals surface area contributed by atoms with E-state index in [4.69, 9.17) is 16.6 Å². The van der Waals surface area contributed by atoms with Gasteiger partial charge in [0.2, 0.25) is 0 Å². The number of likely N-dealkylation sites (N-methyl/N-ethyl adjacent to an activating group) is 1. The van der Waals surface area contributed by atoms with Gasteiger partial charge in [-0.05, 0) is 62.7 Å². The maximum absolute atomic E-state index is 13.3. The first-order valence-electron chi connectivity index (χ1n) is 12.3. The average Bonchev–Trinajstić information content (AvgIpc) is 3.05. The Bertz CT molecular complexity index is 1250. The highest BCUT2D eigenvalue weighted by Gasteiger charge is 2.46. The minimum atomic E-state index is -0.000868. The molecule has 172 valence electrons. The predicted octanol–water partition coefficient (Wildman–Crippen LogP) is 5.52. The molecule has 0 spiro atoms. The molecule has 5 nitrogen and oxygen atoms in total. The van der Waals surface area contributed by atoms with Crippen molar-refractivity contribution in [2.24, 2.45) is 0 Å². The number of fused-ring (bicyclic) bond motifs is 8. The van der Waals surface area contributed by atoms with E-state index in [1.807, 2.05) is 29.2 Å². The van der Waals surface area contributed by atoms with Crippen LogP contribution in [0, 0.1) is 0 Å². The molecule has 3 aromatic rings. The Morgan fingerprint density at radius 1 is 1.09 bits per heavy atom. The van der Waals surface area contributed by atoms with Crippen molar-refractivity contribution >= 4 is 28.5 Å². The number of amides is 1. The van der Waals surface area contributed by atoms with E-state index < -0.39 is 0 Å². The van der Waals surface area contributed by atoms with Crippen LogP contribution >= 0.6 is 11.6 Å². The van der Waals surface area contributed by atoms with Crippen LogP contribution in [0.2, 0.25) is 5.02 Å². The summed E-state index contributed by atoms with van der Waals surface area (Å²) in [5.41, 5.74) is 5.16. The lowest BCUT2D eigenvalue weighted by molar-refractivity contribution is 0.0763. The van der Waals surface area contributed by atoms with E-state index in [9.17, 15) is 4.79 Å². The second-order valence-electron chi connectivity index (χ2n) is 10.3. The molecule has 1 saturated carbocycles. The van der Waals surface area contributed by atoms with Crippen LogP contribution < -0.4 is 0 Å². The molecule has 6 rings (SSSR count). The smallest absolute Gasteiger partial charge is 0.253 e. The molecular weight excluding hydrogens is 432 g/mol. The van der Waals surface area contributed by atoms with E-state index in [-0.39, 0.29) is 11.3 Å². The third kappa shape index (κ3) is 3.23. The molecule has 1 amide bonds. The summed E-state index contributed by atoms with van der Waals surface area (Å²) in [6.07, 6.45) is 5.72. The van der Waals surface area contributed by atoms with Crippen molar-refractivity contribution in [2.75, 3.05) is 33.2 Å². The zero-order chi connectivity index (χ0) is 22.7. The molecular formula is C27H31ClN4O. The van der Waals surface area contributed by atoms with Crippen LogP contribution in [0.25, 0.3) is 22.4 Å². The molecule has 2 atom stereocenters. The number of hydrogen-bond donors (Lipinski definition) is 0. The van der Waals surface area contributed by atoms with Gasteiger partial charge < -0.3 is 14.4 Å². The van der Waals surface area contributed by atoms with E-state index >= 15 is 0 Å². The van der Waals surface area contributed by atoms with E-state index in [1.54, 1.807) is 0 Å². The Labute approximate surface area is 200 Å². The summed E-state index contributed by atoms with van der Waals surface area (Å²) in [5.74, 6) is 1.11. The lowest BCUT2D eigenvalue weighted by Crippen LogP contribution is -2.40. The van der Waals surface area contributed by atoms with Gasteiger partial charge in [0.25, 0.3) is 5.91 Å². The molecule has 0 bridgehead atoms. The van der Waals surface area contributed by atoms with Crippen molar-refractivity contribution < 1.29 is 4.79 Å². The van der Waals surface area contributed by atoms with Gasteiger partial charge in [-0.1, -0.05) is 43.5 Å². The summed E-state index contributed by atoms with van der Waals surface area (Å²) in [5, 5.41) is 0.849. The van der Waals surface area contributed by atoms with Gasteiger partial charge in [-0.2, -0.15) is 0 Å². The summed E-state index contributed by atoms with van der Waals surface area (Å²) < 4.78 is 2.45. The number of benzene rings is 2. The largest absolute Gasteiger partial charge is 0.337 e. The van der Waals surface area contributed by atoms with Crippen LogP contribution in [0.15, 0.2) is 36.4 Å². The van der Waals surface area contributed by atoms with Crippen LogP contribution in [0.3, 0.4) is 0 Å². The van der Waals surface area contributed by atoms with Crippen molar-refractivity contribution in [3.8, 4) is 11.4 Å². The number of carbonyl (C=O) groups is 1. The number of imidazole rings is 1. The van der Waals surface area contributed by atoms with Crippen molar-refractivity contribution in [3.05, 3.63) is 52.5 Å². The molecule has 33 heavy (non-hydrogen) atoms. The molecule has 3 aliphatic rings.